The Bertz CT molecular complexity index is 1480. The molecule has 0 aliphatic carbocycles. The van der Waals surface area contributed by atoms with Crippen molar-refractivity contribution < 1.29 is 14.3 Å². The number of benzene rings is 2. The van der Waals surface area contributed by atoms with E-state index in [-0.39, 0.29) is 24.5 Å². The monoisotopic (exact) mass is 568 g/mol. The van der Waals surface area contributed by atoms with Gasteiger partial charge in [0.1, 0.15) is 12.4 Å². The summed E-state index contributed by atoms with van der Waals surface area (Å²) in [6.07, 6.45) is 2.00. The number of amides is 1. The Labute approximate surface area is 248 Å². The van der Waals surface area contributed by atoms with Crippen LogP contribution in [0.2, 0.25) is 0 Å². The Hall–Kier alpha value is -4.00. The fourth-order valence-electron chi connectivity index (χ4n) is 6.13. The minimum absolute atomic E-state index is 0.151. The van der Waals surface area contributed by atoms with Crippen LogP contribution in [-0.2, 0) is 22.6 Å². The number of anilines is 1. The molecule has 0 unspecified atom stereocenters. The number of aryl methyl sites for hydroxylation is 1. The van der Waals surface area contributed by atoms with Gasteiger partial charge in [0.15, 0.2) is 0 Å². The summed E-state index contributed by atoms with van der Waals surface area (Å²) in [6, 6.07) is 15.1. The molecule has 0 bridgehead atoms. The Balaban J connectivity index is 1.48. The van der Waals surface area contributed by atoms with Crippen LogP contribution in [0.15, 0.2) is 49.1 Å². The largest absolute Gasteiger partial charge is 0.462 e. The zero-order valence-electron chi connectivity index (χ0n) is 24.9. The molecule has 0 spiro atoms. The van der Waals surface area contributed by atoms with Crippen LogP contribution in [0.1, 0.15) is 48.8 Å². The summed E-state index contributed by atoms with van der Waals surface area (Å²) in [6.45, 7) is 15.2. The second-order valence-corrected chi connectivity index (χ2v) is 10.9. The molecule has 220 valence electrons. The standard InChI is InChI=1S/C33H40N6O3/c1-5-30(40)39-17-16-38(21-25(39)14-15-34)32-27-22-42-29(26-13-9-12-24-11-8-10-23(4)31(24)26)20-28(27)35-33(36-32)41-19-18-37(6-2)7-3/h5,8-13,25,29H,1,6-7,14,16-22H2,2-4H3/t25-,29+/m0/s1. The van der Waals surface area contributed by atoms with Crippen LogP contribution < -0.4 is 9.64 Å². The topological polar surface area (TPSA) is 94.8 Å². The fourth-order valence-corrected chi connectivity index (χ4v) is 6.13. The molecule has 3 heterocycles. The third-order valence-electron chi connectivity index (χ3n) is 8.45. The van der Waals surface area contributed by atoms with E-state index in [1.54, 1.807) is 4.90 Å². The Morgan fingerprint density at radius 2 is 2.00 bits per heavy atom. The van der Waals surface area contributed by atoms with Gasteiger partial charge in [-0.25, -0.2) is 0 Å². The first-order valence-corrected chi connectivity index (χ1v) is 14.9. The van der Waals surface area contributed by atoms with Gasteiger partial charge in [0, 0.05) is 38.2 Å². The van der Waals surface area contributed by atoms with Gasteiger partial charge in [-0.2, -0.15) is 15.2 Å². The number of fused-ring (bicyclic) bond motifs is 2. The van der Waals surface area contributed by atoms with Gasteiger partial charge in [0.2, 0.25) is 5.91 Å². The van der Waals surface area contributed by atoms with Crippen molar-refractivity contribution >= 4 is 22.5 Å². The molecule has 3 aromatic rings. The average molecular weight is 569 g/mol. The van der Waals surface area contributed by atoms with E-state index in [1.807, 2.05) is 0 Å². The molecule has 9 nitrogen and oxygen atoms in total. The third kappa shape index (κ3) is 6.10. The van der Waals surface area contributed by atoms with Crippen LogP contribution in [0.3, 0.4) is 0 Å². The van der Waals surface area contributed by atoms with Crippen LogP contribution in [0.4, 0.5) is 5.82 Å². The van der Waals surface area contributed by atoms with E-state index >= 15 is 0 Å². The van der Waals surface area contributed by atoms with E-state index in [9.17, 15) is 10.1 Å². The van der Waals surface area contributed by atoms with Gasteiger partial charge in [-0.05, 0) is 48.0 Å². The van der Waals surface area contributed by atoms with Crippen LogP contribution >= 0.6 is 0 Å². The molecule has 2 aliphatic rings. The van der Waals surface area contributed by atoms with Crippen molar-refractivity contribution in [3.63, 3.8) is 0 Å². The average Bonchev–Trinajstić information content (AvgIpc) is 3.02. The van der Waals surface area contributed by atoms with Gasteiger partial charge in [-0.3, -0.25) is 4.79 Å². The van der Waals surface area contributed by atoms with Crippen molar-refractivity contribution in [2.24, 2.45) is 0 Å². The van der Waals surface area contributed by atoms with Crippen molar-refractivity contribution in [3.05, 3.63) is 71.4 Å². The number of likely N-dealkylation sites (N-methyl/N-ethyl adjacent to an activating group) is 1. The summed E-state index contributed by atoms with van der Waals surface area (Å²) in [5.41, 5.74) is 4.24. The first kappa shape index (κ1) is 29.5. The summed E-state index contributed by atoms with van der Waals surface area (Å²) >= 11 is 0. The molecule has 2 aromatic carbocycles. The molecule has 0 N–H and O–H groups in total. The molecule has 9 heteroatoms. The van der Waals surface area contributed by atoms with Gasteiger partial charge >= 0.3 is 6.01 Å². The molecule has 1 fully saturated rings. The second-order valence-electron chi connectivity index (χ2n) is 10.9. The smallest absolute Gasteiger partial charge is 0.318 e. The van der Waals surface area contributed by atoms with Crippen molar-refractivity contribution in [1.82, 2.24) is 19.8 Å². The van der Waals surface area contributed by atoms with E-state index in [0.29, 0.717) is 45.3 Å². The van der Waals surface area contributed by atoms with Crippen LogP contribution in [0.25, 0.3) is 10.8 Å². The Kier molecular flexibility index (Phi) is 9.35. The molecule has 0 radical (unpaired) electrons. The lowest BCUT2D eigenvalue weighted by Crippen LogP contribution is -2.55. The molecular weight excluding hydrogens is 528 g/mol. The number of nitrogens with zero attached hydrogens (tertiary/aromatic N) is 6. The molecule has 2 aliphatic heterocycles. The molecule has 42 heavy (non-hydrogen) atoms. The molecule has 1 aromatic heterocycles. The van der Waals surface area contributed by atoms with E-state index in [1.165, 1.54) is 22.4 Å². The van der Waals surface area contributed by atoms with Gasteiger partial charge in [0.05, 0.1) is 36.9 Å². The quantitative estimate of drug-likeness (QED) is 0.328. The molecule has 0 saturated carbocycles. The van der Waals surface area contributed by atoms with Gasteiger partial charge in [-0.1, -0.05) is 56.8 Å². The second kappa shape index (κ2) is 13.3. The number of ether oxygens (including phenoxy) is 2. The van der Waals surface area contributed by atoms with Gasteiger partial charge < -0.3 is 24.2 Å². The van der Waals surface area contributed by atoms with Crippen molar-refractivity contribution in [2.45, 2.75) is 52.4 Å². The van der Waals surface area contributed by atoms with E-state index < -0.39 is 0 Å². The van der Waals surface area contributed by atoms with E-state index in [4.69, 9.17) is 19.4 Å². The number of nitriles is 1. The van der Waals surface area contributed by atoms with Crippen LogP contribution in [0, 0.1) is 18.3 Å². The van der Waals surface area contributed by atoms with Gasteiger partial charge in [-0.15, -0.1) is 0 Å². The molecular formula is C33H40N6O3. The molecule has 1 amide bonds. The highest BCUT2D eigenvalue weighted by atomic mass is 16.5. The highest BCUT2D eigenvalue weighted by Gasteiger charge is 2.34. The SMILES string of the molecule is C=CC(=O)N1CCN(c2nc(OCCN(CC)CC)nc3c2CO[C@@H](c2cccc4cccc(C)c24)C3)C[C@@H]1CC#N. The molecule has 5 rings (SSSR count). The summed E-state index contributed by atoms with van der Waals surface area (Å²) in [4.78, 5) is 28.5. The normalized spacial score (nSPS) is 18.5. The fraction of sp³-hybridized carbons (Fsp3) is 0.455. The number of rotatable bonds is 10. The highest BCUT2D eigenvalue weighted by molar-refractivity contribution is 5.89. The minimum atomic E-state index is -0.261. The zero-order chi connectivity index (χ0) is 29.6. The van der Waals surface area contributed by atoms with E-state index in [0.717, 1.165) is 42.3 Å². The minimum Gasteiger partial charge on any atom is -0.462 e. The van der Waals surface area contributed by atoms with Crippen LogP contribution in [0.5, 0.6) is 6.01 Å². The number of piperazine rings is 1. The third-order valence-corrected chi connectivity index (χ3v) is 8.45. The summed E-state index contributed by atoms with van der Waals surface area (Å²) < 4.78 is 12.7. The number of carbonyl (C=O) groups is 1. The van der Waals surface area contributed by atoms with Gasteiger partial charge in [0.25, 0.3) is 0 Å². The van der Waals surface area contributed by atoms with Crippen molar-refractivity contribution in [1.29, 1.82) is 5.26 Å². The first-order chi connectivity index (χ1) is 20.5. The maximum absolute atomic E-state index is 12.5. The number of carbonyl (C=O) groups excluding carboxylic acids is 1. The summed E-state index contributed by atoms with van der Waals surface area (Å²) in [7, 11) is 0. The Morgan fingerprint density at radius 3 is 2.74 bits per heavy atom. The Morgan fingerprint density at radius 1 is 1.21 bits per heavy atom. The highest BCUT2D eigenvalue weighted by Crippen LogP contribution is 2.38. The first-order valence-electron chi connectivity index (χ1n) is 14.9. The number of aromatic nitrogens is 2. The van der Waals surface area contributed by atoms with E-state index in [2.05, 4.69) is 79.6 Å². The molecule has 2 atom stereocenters. The maximum Gasteiger partial charge on any atom is 0.318 e. The summed E-state index contributed by atoms with van der Waals surface area (Å²) in [5.74, 6) is 0.607. The predicted molar refractivity (Wildman–Crippen MR) is 163 cm³/mol. The lowest BCUT2D eigenvalue weighted by molar-refractivity contribution is -0.128. The predicted octanol–water partition coefficient (Wildman–Crippen LogP) is 4.59. The van der Waals surface area contributed by atoms with Crippen molar-refractivity contribution in [2.75, 3.05) is 50.8 Å². The number of hydrogen-bond acceptors (Lipinski definition) is 8. The number of hydrogen-bond donors (Lipinski definition) is 0. The maximum atomic E-state index is 12.5. The van der Waals surface area contributed by atoms with Crippen LogP contribution in [-0.4, -0.2) is 77.6 Å². The van der Waals surface area contributed by atoms with Crippen molar-refractivity contribution in [3.8, 4) is 12.1 Å². The zero-order valence-corrected chi connectivity index (χ0v) is 24.9. The summed E-state index contributed by atoms with van der Waals surface area (Å²) in [5, 5.41) is 11.9. The molecule has 1 saturated heterocycles. The lowest BCUT2D eigenvalue weighted by atomic mass is 9.92. The lowest BCUT2D eigenvalue weighted by Gasteiger charge is -2.41.